The molecular weight excluding hydrogens is 626 g/mol. The van der Waals surface area contributed by atoms with Crippen LogP contribution in [0, 0.1) is 0 Å². The first-order valence-corrected chi connectivity index (χ1v) is 16.9. The maximum Gasteiger partial charge on any atom is 0.407 e. The van der Waals surface area contributed by atoms with Crippen LogP contribution in [0.2, 0.25) is 0 Å². The summed E-state index contributed by atoms with van der Waals surface area (Å²) in [6.07, 6.45) is 6.11. The quantitative estimate of drug-likeness (QED) is 0.141. The van der Waals surface area contributed by atoms with E-state index in [-0.39, 0.29) is 36.6 Å². The van der Waals surface area contributed by atoms with E-state index < -0.39 is 45.9 Å². The first-order chi connectivity index (χ1) is 22.6. The van der Waals surface area contributed by atoms with Gasteiger partial charge in [-0.05, 0) is 80.2 Å². The fraction of sp³-hybridized carbons (Fsp3) is 0.364. The molecule has 0 bridgehead atoms. The molecule has 13 nitrogen and oxygen atoms in total. The molecule has 0 radical (unpaired) electrons. The topological polar surface area (TPSA) is 184 Å². The Morgan fingerprint density at radius 2 is 1.85 bits per heavy atom. The minimum atomic E-state index is -4.16. The summed E-state index contributed by atoms with van der Waals surface area (Å²) >= 11 is 0. The van der Waals surface area contributed by atoms with Crippen LogP contribution in [0.5, 0.6) is 0 Å². The zero-order valence-electron chi connectivity index (χ0n) is 25.9. The molecule has 1 saturated heterocycles. The molecule has 2 heterocycles. The molecule has 1 fully saturated rings. The van der Waals surface area contributed by atoms with Crippen molar-refractivity contribution in [2.24, 2.45) is 0 Å². The number of carbonyl (C=O) groups is 4. The monoisotopic (exact) mass is 665 g/mol. The smallest absolute Gasteiger partial charge is 0.407 e. The van der Waals surface area contributed by atoms with Gasteiger partial charge in [-0.2, -0.15) is 0 Å². The van der Waals surface area contributed by atoms with Crippen molar-refractivity contribution in [3.63, 3.8) is 0 Å². The van der Waals surface area contributed by atoms with Crippen LogP contribution in [-0.2, 0) is 35.6 Å². The van der Waals surface area contributed by atoms with Crippen LogP contribution < -0.4 is 20.9 Å². The minimum Gasteiger partial charge on any atom is -0.450 e. The number of alkyl carbamates (subject to hydrolysis) is 1. The molecule has 0 spiro atoms. The van der Waals surface area contributed by atoms with E-state index in [0.717, 1.165) is 30.2 Å². The van der Waals surface area contributed by atoms with Crippen molar-refractivity contribution in [2.75, 3.05) is 19.7 Å². The number of nitrogens with zero attached hydrogens (tertiary/aromatic N) is 1. The Bertz CT molecular complexity index is 1760. The van der Waals surface area contributed by atoms with Gasteiger partial charge in [-0.3, -0.25) is 19.2 Å². The molecule has 0 aliphatic carbocycles. The molecule has 2 aromatic carbocycles. The summed E-state index contributed by atoms with van der Waals surface area (Å²) in [5.74, 6) is -2.05. The van der Waals surface area contributed by atoms with Crippen molar-refractivity contribution in [1.82, 2.24) is 25.2 Å². The van der Waals surface area contributed by atoms with Crippen LogP contribution in [0.4, 0.5) is 4.79 Å². The number of benzene rings is 2. The Morgan fingerprint density at radius 1 is 1.06 bits per heavy atom. The molecule has 1 unspecified atom stereocenters. The molecule has 1 aromatic heterocycles. The number of likely N-dealkylation sites (tertiary alicyclic amines) is 1. The largest absolute Gasteiger partial charge is 0.450 e. The number of rotatable bonds is 15. The number of amides is 4. The third kappa shape index (κ3) is 9.75. The van der Waals surface area contributed by atoms with Crippen molar-refractivity contribution in [3.8, 4) is 0 Å². The Balaban J connectivity index is 1.17. The van der Waals surface area contributed by atoms with Crippen LogP contribution >= 0.6 is 0 Å². The number of hydrogen-bond donors (Lipinski definition) is 4. The van der Waals surface area contributed by atoms with Crippen LogP contribution in [0.15, 0.2) is 83.1 Å². The number of aromatic amines is 1. The predicted octanol–water partition coefficient (Wildman–Crippen LogP) is 2.52. The summed E-state index contributed by atoms with van der Waals surface area (Å²) in [4.78, 5) is 66.9. The average Bonchev–Trinajstić information content (AvgIpc) is 3.56. The summed E-state index contributed by atoms with van der Waals surface area (Å²) in [6.45, 7) is 3.64. The summed E-state index contributed by atoms with van der Waals surface area (Å²) in [6, 6.07) is 12.9. The van der Waals surface area contributed by atoms with Gasteiger partial charge in [-0.15, -0.1) is 6.58 Å². The van der Waals surface area contributed by atoms with Crippen molar-refractivity contribution >= 4 is 44.6 Å². The van der Waals surface area contributed by atoms with E-state index >= 15 is 0 Å². The van der Waals surface area contributed by atoms with Crippen molar-refractivity contribution in [1.29, 1.82) is 0 Å². The fourth-order valence-electron chi connectivity index (χ4n) is 5.33. The number of sulfonamides is 1. The SMILES string of the molecule is C=CCC(NC(=O)[C@@H]1CCCN1C(=O)CNC(=O)OCCCCCc1ccc2cc[nH]c(=O)c2c1)C(=O)NS(=O)(=O)c1ccccc1. The Labute approximate surface area is 272 Å². The van der Waals surface area contributed by atoms with Gasteiger partial charge in [0.2, 0.25) is 11.8 Å². The number of pyridine rings is 1. The van der Waals surface area contributed by atoms with Crippen molar-refractivity contribution < 1.29 is 32.3 Å². The zero-order valence-corrected chi connectivity index (χ0v) is 26.7. The van der Waals surface area contributed by atoms with Crippen LogP contribution in [0.25, 0.3) is 10.8 Å². The number of aromatic nitrogens is 1. The van der Waals surface area contributed by atoms with E-state index in [1.54, 1.807) is 12.3 Å². The van der Waals surface area contributed by atoms with Gasteiger partial charge in [0, 0.05) is 18.1 Å². The highest BCUT2D eigenvalue weighted by atomic mass is 32.2. The van der Waals surface area contributed by atoms with Gasteiger partial charge in [0.15, 0.2) is 0 Å². The van der Waals surface area contributed by atoms with Gasteiger partial charge in [0.1, 0.15) is 18.6 Å². The number of carbonyl (C=O) groups excluding carboxylic acids is 4. The number of ether oxygens (including phenoxy) is 1. The lowest BCUT2D eigenvalue weighted by molar-refractivity contribution is -0.138. The number of H-pyrrole nitrogens is 1. The summed E-state index contributed by atoms with van der Waals surface area (Å²) in [5.41, 5.74) is 0.928. The van der Waals surface area contributed by atoms with E-state index in [1.165, 1.54) is 35.2 Å². The number of hydrogen-bond acceptors (Lipinski definition) is 8. The van der Waals surface area contributed by atoms with Crippen molar-refractivity contribution in [2.45, 2.75) is 61.9 Å². The lowest BCUT2D eigenvalue weighted by atomic mass is 10.0. The van der Waals surface area contributed by atoms with E-state index in [1.807, 2.05) is 29.0 Å². The molecule has 3 aromatic rings. The van der Waals surface area contributed by atoms with E-state index in [0.29, 0.717) is 24.6 Å². The molecule has 47 heavy (non-hydrogen) atoms. The van der Waals surface area contributed by atoms with Gasteiger partial charge in [-0.1, -0.05) is 36.4 Å². The van der Waals surface area contributed by atoms with Crippen molar-refractivity contribution in [3.05, 3.63) is 89.4 Å². The average molecular weight is 666 g/mol. The Morgan fingerprint density at radius 3 is 2.62 bits per heavy atom. The first kappa shape index (κ1) is 34.9. The molecule has 2 atom stereocenters. The molecule has 14 heteroatoms. The molecular formula is C33H39N5O8S. The molecule has 4 rings (SSSR count). The molecule has 250 valence electrons. The van der Waals surface area contributed by atoms with E-state index in [2.05, 4.69) is 22.2 Å². The lowest BCUT2D eigenvalue weighted by Crippen LogP contribution is -2.54. The standard InChI is InChI=1S/C33H39N5O8S/c1-2-10-27(31(41)37-47(44,45)25-12-6-3-7-13-25)36-32(42)28-14-9-19-38(28)29(39)22-35-33(43)46-20-8-4-5-11-23-15-16-24-17-18-34-30(40)26(24)21-23/h2-3,6-7,12-13,15-18,21,27-28H,1,4-5,8-11,14,19-20,22H2,(H,34,40)(H,35,43)(H,36,42)(H,37,41)/t27?,28-/m0/s1. The highest BCUT2D eigenvalue weighted by Gasteiger charge is 2.36. The third-order valence-corrected chi connectivity index (χ3v) is 9.13. The summed E-state index contributed by atoms with van der Waals surface area (Å²) < 4.78 is 32.4. The predicted molar refractivity (Wildman–Crippen MR) is 175 cm³/mol. The number of unbranched alkanes of at least 4 members (excludes halogenated alkanes) is 2. The van der Waals surface area contributed by atoms with Gasteiger partial charge < -0.3 is 25.3 Å². The number of aryl methyl sites for hydroxylation is 1. The van der Waals surface area contributed by atoms with Gasteiger partial charge >= 0.3 is 6.09 Å². The highest BCUT2D eigenvalue weighted by Crippen LogP contribution is 2.18. The van der Waals surface area contributed by atoms with Crippen LogP contribution in [-0.4, -0.2) is 73.9 Å². The second kappa shape index (κ2) is 16.5. The number of nitrogens with one attached hydrogen (secondary N) is 4. The Kier molecular flexibility index (Phi) is 12.3. The Hall–Kier alpha value is -4.98. The molecule has 1 aliphatic heterocycles. The minimum absolute atomic E-state index is 0.0412. The first-order valence-electron chi connectivity index (χ1n) is 15.4. The highest BCUT2D eigenvalue weighted by molar-refractivity contribution is 7.90. The lowest BCUT2D eigenvalue weighted by Gasteiger charge is -2.26. The van der Waals surface area contributed by atoms with Gasteiger partial charge in [-0.25, -0.2) is 17.9 Å². The van der Waals surface area contributed by atoms with Crippen LogP contribution in [0.1, 0.15) is 44.1 Å². The maximum atomic E-state index is 13.1. The van der Waals surface area contributed by atoms with E-state index in [4.69, 9.17) is 4.74 Å². The maximum absolute atomic E-state index is 13.1. The zero-order chi connectivity index (χ0) is 33.8. The van der Waals surface area contributed by atoms with E-state index in [9.17, 15) is 32.4 Å². The second-order valence-corrected chi connectivity index (χ2v) is 12.8. The van der Waals surface area contributed by atoms with Gasteiger partial charge in [0.05, 0.1) is 11.5 Å². The normalized spacial score (nSPS) is 15.1. The molecule has 0 saturated carbocycles. The third-order valence-electron chi connectivity index (χ3n) is 7.77. The fourth-order valence-corrected chi connectivity index (χ4v) is 6.37. The molecule has 4 amide bonds. The summed E-state index contributed by atoms with van der Waals surface area (Å²) in [7, 11) is -4.16. The number of fused-ring (bicyclic) bond motifs is 1. The van der Waals surface area contributed by atoms with Crippen LogP contribution in [0.3, 0.4) is 0 Å². The van der Waals surface area contributed by atoms with Gasteiger partial charge in [0.25, 0.3) is 21.5 Å². The summed E-state index contributed by atoms with van der Waals surface area (Å²) in [5, 5.41) is 6.49. The molecule has 4 N–H and O–H groups in total. The second-order valence-electron chi connectivity index (χ2n) is 11.1. The molecule has 1 aliphatic rings.